The Morgan fingerprint density at radius 1 is 1.35 bits per heavy atom. The van der Waals surface area contributed by atoms with E-state index >= 15 is 0 Å². The Labute approximate surface area is 127 Å². The molecule has 1 saturated heterocycles. The predicted octanol–water partition coefficient (Wildman–Crippen LogP) is -2.47. The molecule has 1 fully saturated rings. The van der Waals surface area contributed by atoms with Crippen LogP contribution < -0.4 is 5.73 Å². The van der Waals surface area contributed by atoms with E-state index in [2.05, 4.69) is 24.8 Å². The van der Waals surface area contributed by atoms with Crippen molar-refractivity contribution in [3.8, 4) is 0 Å². The predicted molar refractivity (Wildman–Crippen MR) is 71.5 cm³/mol. The molecule has 0 amide bonds. The van der Waals surface area contributed by atoms with E-state index in [0.717, 1.165) is 4.68 Å². The lowest BCUT2D eigenvalue weighted by Crippen LogP contribution is -2.33. The lowest BCUT2D eigenvalue weighted by atomic mass is 10.1. The Kier molecular flexibility index (Phi) is 4.01. The average Bonchev–Trinajstić information content (AvgIpc) is 3.01. The molecule has 3 rings (SSSR count). The molecule has 2 unspecified atom stereocenters. The maximum atomic E-state index is 10.7. The zero-order valence-electron chi connectivity index (χ0n) is 11.4. The number of nitrogen functional groups attached to an aromatic ring is 1. The van der Waals surface area contributed by atoms with Crippen LogP contribution in [-0.2, 0) is 13.8 Å². The van der Waals surface area contributed by atoms with E-state index in [1.165, 1.54) is 6.33 Å². The third-order valence-electron chi connectivity index (χ3n) is 3.27. The van der Waals surface area contributed by atoms with E-state index in [-0.39, 0.29) is 17.0 Å². The highest BCUT2D eigenvalue weighted by atomic mass is 31.2. The number of hydrogen-bond donors (Lipinski definition) is 5. The molecule has 1 aliphatic rings. The highest BCUT2D eigenvalue weighted by Crippen LogP contribution is 2.38. The first kappa shape index (κ1) is 16.1. The summed E-state index contributed by atoms with van der Waals surface area (Å²) in [6.07, 6.45) is -4.09. The standard InChI is InChI=1S/C9H13N6O7P/c10-7-4-8(12-2-11-7)15(14-13-4)9-6(17)5(16)3(22-9)1-21-23(18,19)20/h2-3,5-6,9,16-17H,1H2,(H2,10,11,12)(H2,18,19,20)/t3-,5?,6?,9-/m1/s1. The molecule has 126 valence electrons. The van der Waals surface area contributed by atoms with Gasteiger partial charge in [-0.25, -0.2) is 14.5 Å². The van der Waals surface area contributed by atoms with Crippen LogP contribution in [0.25, 0.3) is 11.2 Å². The van der Waals surface area contributed by atoms with E-state index in [4.69, 9.17) is 20.3 Å². The van der Waals surface area contributed by atoms with Crippen LogP contribution in [0.2, 0.25) is 0 Å². The molecule has 2 aromatic rings. The fourth-order valence-electron chi connectivity index (χ4n) is 2.19. The second-order valence-corrected chi connectivity index (χ2v) is 6.04. The smallest absolute Gasteiger partial charge is 0.387 e. The number of hydrogen-bond acceptors (Lipinski definition) is 10. The molecule has 23 heavy (non-hydrogen) atoms. The summed E-state index contributed by atoms with van der Waals surface area (Å²) < 4.78 is 21.5. The van der Waals surface area contributed by atoms with Crippen molar-refractivity contribution in [3.63, 3.8) is 0 Å². The van der Waals surface area contributed by atoms with Crippen LogP contribution in [0.3, 0.4) is 0 Å². The zero-order chi connectivity index (χ0) is 16.8. The topological polar surface area (TPSA) is 199 Å². The molecule has 13 nitrogen and oxygen atoms in total. The number of aliphatic hydroxyl groups is 2. The Balaban J connectivity index is 1.85. The molecule has 0 spiro atoms. The first-order chi connectivity index (χ1) is 10.8. The van der Waals surface area contributed by atoms with Gasteiger partial charge in [0.05, 0.1) is 6.61 Å². The van der Waals surface area contributed by atoms with Gasteiger partial charge in [-0.1, -0.05) is 5.21 Å². The van der Waals surface area contributed by atoms with Crippen molar-refractivity contribution < 1.29 is 33.8 Å². The minimum absolute atomic E-state index is 0.0793. The average molecular weight is 348 g/mol. The molecule has 14 heteroatoms. The van der Waals surface area contributed by atoms with Crippen molar-refractivity contribution in [1.29, 1.82) is 0 Å². The molecule has 0 aromatic carbocycles. The van der Waals surface area contributed by atoms with Crippen molar-refractivity contribution in [2.75, 3.05) is 12.3 Å². The minimum Gasteiger partial charge on any atom is -0.387 e. The van der Waals surface area contributed by atoms with E-state index in [9.17, 15) is 14.8 Å². The van der Waals surface area contributed by atoms with E-state index in [1.54, 1.807) is 0 Å². The molecule has 3 heterocycles. The van der Waals surface area contributed by atoms with Crippen molar-refractivity contribution >= 4 is 24.8 Å². The van der Waals surface area contributed by atoms with Gasteiger partial charge in [0.15, 0.2) is 23.2 Å². The van der Waals surface area contributed by atoms with E-state index < -0.39 is 39.0 Å². The number of ether oxygens (including phenoxy) is 1. The second kappa shape index (κ2) is 5.72. The van der Waals surface area contributed by atoms with Crippen molar-refractivity contribution in [2.45, 2.75) is 24.5 Å². The monoisotopic (exact) mass is 348 g/mol. The molecule has 0 saturated carbocycles. The van der Waals surface area contributed by atoms with Crippen molar-refractivity contribution in [1.82, 2.24) is 25.0 Å². The molecule has 1 aliphatic heterocycles. The molecule has 0 radical (unpaired) electrons. The Morgan fingerprint density at radius 2 is 2.09 bits per heavy atom. The minimum atomic E-state index is -4.73. The second-order valence-electron chi connectivity index (χ2n) is 4.80. The normalized spacial score (nSPS) is 28.5. The number of phosphoric ester groups is 1. The third kappa shape index (κ3) is 3.03. The van der Waals surface area contributed by atoms with Gasteiger partial charge in [-0.2, -0.15) is 4.68 Å². The SMILES string of the molecule is Nc1ncnc2c1nnn2[C@@H]1O[C@H](COP(=O)(O)O)C(O)C1O. The van der Waals surface area contributed by atoms with Gasteiger partial charge in [0.1, 0.15) is 24.6 Å². The summed E-state index contributed by atoms with van der Waals surface area (Å²) in [7, 11) is -4.73. The van der Waals surface area contributed by atoms with Crippen LogP contribution in [-0.4, -0.2) is 69.9 Å². The molecule has 0 aliphatic carbocycles. The lowest BCUT2D eigenvalue weighted by molar-refractivity contribution is -0.0567. The number of nitrogens with zero attached hydrogens (tertiary/aromatic N) is 5. The summed E-state index contributed by atoms with van der Waals surface area (Å²) in [4.78, 5) is 25.0. The summed E-state index contributed by atoms with van der Waals surface area (Å²) in [5, 5.41) is 27.5. The van der Waals surface area contributed by atoms with Crippen LogP contribution in [0.5, 0.6) is 0 Å². The van der Waals surface area contributed by atoms with Gasteiger partial charge in [-0.15, -0.1) is 5.10 Å². The number of rotatable bonds is 4. The summed E-state index contributed by atoms with van der Waals surface area (Å²) in [6, 6.07) is 0. The Bertz CT molecular complexity index is 764. The molecular formula is C9H13N6O7P. The number of fused-ring (bicyclic) bond motifs is 1. The highest BCUT2D eigenvalue weighted by Gasteiger charge is 2.45. The quantitative estimate of drug-likeness (QED) is 0.365. The molecular weight excluding hydrogens is 335 g/mol. The largest absolute Gasteiger partial charge is 0.469 e. The van der Waals surface area contributed by atoms with Gasteiger partial charge in [0.2, 0.25) is 0 Å². The van der Waals surface area contributed by atoms with Crippen LogP contribution in [0, 0.1) is 0 Å². The first-order valence-electron chi connectivity index (χ1n) is 6.31. The summed E-state index contributed by atoms with van der Waals surface area (Å²) in [6.45, 7) is -0.622. The third-order valence-corrected chi connectivity index (χ3v) is 3.76. The van der Waals surface area contributed by atoms with Gasteiger partial charge < -0.3 is 30.5 Å². The Morgan fingerprint density at radius 3 is 2.78 bits per heavy atom. The van der Waals surface area contributed by atoms with Crippen LogP contribution in [0.1, 0.15) is 6.23 Å². The highest BCUT2D eigenvalue weighted by molar-refractivity contribution is 7.46. The number of nitrogens with two attached hydrogens (primary N) is 1. The maximum Gasteiger partial charge on any atom is 0.469 e. The lowest BCUT2D eigenvalue weighted by Gasteiger charge is -2.14. The summed E-state index contributed by atoms with van der Waals surface area (Å²) in [5.74, 6) is 0.0793. The number of phosphoric acid groups is 1. The van der Waals surface area contributed by atoms with Crippen LogP contribution in [0.15, 0.2) is 6.33 Å². The van der Waals surface area contributed by atoms with E-state index in [0.29, 0.717) is 0 Å². The Hall–Kier alpha value is -1.73. The van der Waals surface area contributed by atoms with Gasteiger partial charge in [-0.3, -0.25) is 4.52 Å². The summed E-state index contributed by atoms with van der Waals surface area (Å²) in [5.41, 5.74) is 5.99. The van der Waals surface area contributed by atoms with Gasteiger partial charge in [0, 0.05) is 0 Å². The van der Waals surface area contributed by atoms with Gasteiger partial charge in [-0.05, 0) is 0 Å². The van der Waals surface area contributed by atoms with Crippen LogP contribution in [0.4, 0.5) is 5.82 Å². The number of anilines is 1. The molecule has 0 bridgehead atoms. The molecule has 4 atom stereocenters. The zero-order valence-corrected chi connectivity index (χ0v) is 12.3. The maximum absolute atomic E-state index is 10.7. The van der Waals surface area contributed by atoms with E-state index in [1.807, 2.05) is 0 Å². The first-order valence-corrected chi connectivity index (χ1v) is 7.84. The van der Waals surface area contributed by atoms with Crippen LogP contribution >= 0.6 is 7.82 Å². The fraction of sp³-hybridized carbons (Fsp3) is 0.556. The molecule has 6 N–H and O–H groups in total. The van der Waals surface area contributed by atoms with Gasteiger partial charge in [0.25, 0.3) is 0 Å². The number of aromatic nitrogens is 5. The molecule has 2 aromatic heterocycles. The van der Waals surface area contributed by atoms with Crippen molar-refractivity contribution in [2.24, 2.45) is 0 Å². The summed E-state index contributed by atoms with van der Waals surface area (Å²) >= 11 is 0. The fourth-order valence-corrected chi connectivity index (χ4v) is 2.53. The van der Waals surface area contributed by atoms with Crippen molar-refractivity contribution in [3.05, 3.63) is 6.33 Å². The van der Waals surface area contributed by atoms with Gasteiger partial charge >= 0.3 is 7.82 Å². The number of aliphatic hydroxyl groups excluding tert-OH is 2.